The number of hydrogen-bond acceptors (Lipinski definition) is 2. The van der Waals surface area contributed by atoms with E-state index in [-0.39, 0.29) is 0 Å². The molecule has 0 atom stereocenters. The van der Waals surface area contributed by atoms with Crippen LogP contribution in [0.1, 0.15) is 12.0 Å². The molecule has 2 N–H and O–H groups in total. The second kappa shape index (κ2) is 3.80. The predicted molar refractivity (Wildman–Crippen MR) is 58.1 cm³/mol. The van der Waals surface area contributed by atoms with Gasteiger partial charge in [0.2, 0.25) is 0 Å². The summed E-state index contributed by atoms with van der Waals surface area (Å²) in [6.45, 7) is 0.741. The van der Waals surface area contributed by atoms with Gasteiger partial charge >= 0.3 is 0 Å². The third-order valence-corrected chi connectivity index (χ3v) is 2.46. The summed E-state index contributed by atoms with van der Waals surface area (Å²) in [5.74, 6) is 0. The van der Waals surface area contributed by atoms with Crippen LogP contribution >= 0.6 is 0 Å². The van der Waals surface area contributed by atoms with Crippen LogP contribution in [0.2, 0.25) is 0 Å². The minimum atomic E-state index is 0.741. The second-order valence-electron chi connectivity index (χ2n) is 3.57. The van der Waals surface area contributed by atoms with E-state index in [1.54, 1.807) is 0 Å². The molecule has 0 saturated heterocycles. The summed E-state index contributed by atoms with van der Waals surface area (Å²) in [6, 6.07) is 4.22. The maximum atomic E-state index is 5.47. The number of hydrogen-bond donors (Lipinski definition) is 1. The number of nitrogens with zero attached hydrogens (tertiary/aromatic N) is 2. The highest BCUT2D eigenvalue weighted by Crippen LogP contribution is 2.14. The van der Waals surface area contributed by atoms with Crippen LogP contribution in [0.25, 0.3) is 11.0 Å². The molecule has 0 bridgehead atoms. The van der Waals surface area contributed by atoms with E-state index in [9.17, 15) is 0 Å². The third kappa shape index (κ3) is 1.63. The molecule has 3 nitrogen and oxygen atoms in total. The first-order chi connectivity index (χ1) is 6.81. The summed E-state index contributed by atoms with van der Waals surface area (Å²) >= 11 is 0. The summed E-state index contributed by atoms with van der Waals surface area (Å²) in [6.07, 6.45) is 6.02. The molecule has 2 aromatic heterocycles. The number of aromatic nitrogens is 2. The van der Waals surface area contributed by atoms with Crippen molar-refractivity contribution in [1.82, 2.24) is 9.55 Å². The van der Waals surface area contributed by atoms with E-state index >= 15 is 0 Å². The van der Waals surface area contributed by atoms with Crippen molar-refractivity contribution in [2.75, 3.05) is 6.54 Å². The van der Waals surface area contributed by atoms with Crippen LogP contribution in [0.4, 0.5) is 0 Å². The lowest BCUT2D eigenvalue weighted by Crippen LogP contribution is -2.00. The van der Waals surface area contributed by atoms with Crippen molar-refractivity contribution in [3.63, 3.8) is 0 Å². The molecule has 3 heteroatoms. The fourth-order valence-electron chi connectivity index (χ4n) is 1.62. The Labute approximate surface area is 83.6 Å². The lowest BCUT2D eigenvalue weighted by molar-refractivity contribution is 0.829. The molecule has 2 heterocycles. The molecule has 74 valence electrons. The number of pyridine rings is 1. The first kappa shape index (κ1) is 9.21. The Morgan fingerprint density at radius 1 is 1.50 bits per heavy atom. The molecule has 2 rings (SSSR count). The van der Waals surface area contributed by atoms with Gasteiger partial charge in [0.05, 0.1) is 11.0 Å². The molecule has 0 amide bonds. The molecule has 0 aliphatic rings. The molecule has 2 aromatic rings. The SMILES string of the molecule is Cn1ccc2ncc(CCCN)cc21. The van der Waals surface area contributed by atoms with Gasteiger partial charge in [-0.05, 0) is 37.1 Å². The van der Waals surface area contributed by atoms with E-state index in [1.807, 2.05) is 25.5 Å². The van der Waals surface area contributed by atoms with Crippen molar-refractivity contribution < 1.29 is 0 Å². The molecule has 0 aromatic carbocycles. The van der Waals surface area contributed by atoms with Crippen molar-refractivity contribution >= 4 is 11.0 Å². The Bertz CT molecular complexity index is 431. The van der Waals surface area contributed by atoms with Crippen LogP contribution in [-0.2, 0) is 13.5 Å². The number of rotatable bonds is 3. The highest BCUT2D eigenvalue weighted by molar-refractivity contribution is 5.76. The zero-order chi connectivity index (χ0) is 9.97. The Kier molecular flexibility index (Phi) is 2.50. The zero-order valence-electron chi connectivity index (χ0n) is 8.40. The van der Waals surface area contributed by atoms with Gasteiger partial charge in [0.1, 0.15) is 0 Å². The average Bonchev–Trinajstić information content (AvgIpc) is 2.57. The lowest BCUT2D eigenvalue weighted by Gasteiger charge is -2.01. The molecule has 0 unspecified atom stereocenters. The molecule has 0 spiro atoms. The van der Waals surface area contributed by atoms with Gasteiger partial charge in [-0.25, -0.2) is 0 Å². The fraction of sp³-hybridized carbons (Fsp3) is 0.364. The van der Waals surface area contributed by atoms with Crippen molar-refractivity contribution in [1.29, 1.82) is 0 Å². The summed E-state index contributed by atoms with van der Waals surface area (Å²) in [5.41, 5.74) is 8.99. The normalized spacial score (nSPS) is 11.0. The van der Waals surface area contributed by atoms with Crippen LogP contribution in [0, 0.1) is 0 Å². The molecule has 0 aliphatic heterocycles. The van der Waals surface area contributed by atoms with Gasteiger partial charge in [0.15, 0.2) is 0 Å². The van der Waals surface area contributed by atoms with E-state index in [4.69, 9.17) is 5.73 Å². The average molecular weight is 189 g/mol. The highest BCUT2D eigenvalue weighted by atomic mass is 14.9. The molecular weight excluding hydrogens is 174 g/mol. The van der Waals surface area contributed by atoms with Crippen molar-refractivity contribution in [2.24, 2.45) is 12.8 Å². The first-order valence-electron chi connectivity index (χ1n) is 4.91. The highest BCUT2D eigenvalue weighted by Gasteiger charge is 2.00. The number of fused-ring (bicyclic) bond motifs is 1. The van der Waals surface area contributed by atoms with Gasteiger partial charge in [0, 0.05) is 19.4 Å². The fourth-order valence-corrected chi connectivity index (χ4v) is 1.62. The third-order valence-electron chi connectivity index (χ3n) is 2.46. The maximum Gasteiger partial charge on any atom is 0.0881 e. The van der Waals surface area contributed by atoms with Crippen molar-refractivity contribution in [3.8, 4) is 0 Å². The van der Waals surface area contributed by atoms with Crippen LogP contribution in [0.5, 0.6) is 0 Å². The Balaban J connectivity index is 2.34. The van der Waals surface area contributed by atoms with Gasteiger partial charge in [0.25, 0.3) is 0 Å². The largest absolute Gasteiger partial charge is 0.349 e. The molecule has 0 radical (unpaired) electrons. The Hall–Kier alpha value is -1.35. The summed E-state index contributed by atoms with van der Waals surface area (Å²) < 4.78 is 2.09. The number of nitrogens with two attached hydrogens (primary N) is 1. The van der Waals surface area contributed by atoms with Crippen LogP contribution < -0.4 is 5.73 Å². The number of aryl methyl sites for hydroxylation is 2. The topological polar surface area (TPSA) is 43.8 Å². The minimum Gasteiger partial charge on any atom is -0.349 e. The van der Waals surface area contributed by atoms with Crippen LogP contribution in [0.15, 0.2) is 24.5 Å². The molecular formula is C11H15N3. The van der Waals surface area contributed by atoms with Crippen LogP contribution in [0.3, 0.4) is 0 Å². The lowest BCUT2D eigenvalue weighted by atomic mass is 10.1. The quantitative estimate of drug-likeness (QED) is 0.794. The molecule has 0 aliphatic carbocycles. The summed E-state index contributed by atoms with van der Waals surface area (Å²) in [4.78, 5) is 4.39. The van der Waals surface area contributed by atoms with Gasteiger partial charge in [-0.15, -0.1) is 0 Å². The van der Waals surface area contributed by atoms with Gasteiger partial charge < -0.3 is 10.3 Å². The monoisotopic (exact) mass is 189 g/mol. The maximum absolute atomic E-state index is 5.47. The van der Waals surface area contributed by atoms with Crippen LogP contribution in [-0.4, -0.2) is 16.1 Å². The molecule has 14 heavy (non-hydrogen) atoms. The van der Waals surface area contributed by atoms with E-state index < -0.39 is 0 Å². The van der Waals surface area contributed by atoms with Crippen molar-refractivity contribution in [2.45, 2.75) is 12.8 Å². The predicted octanol–water partition coefficient (Wildman–Crippen LogP) is 1.46. The zero-order valence-corrected chi connectivity index (χ0v) is 8.40. The standard InChI is InChI=1S/C11H15N3/c1-14-6-4-10-11(14)7-9(8-13-10)3-2-5-12/h4,6-8H,2-3,5,12H2,1H3. The summed E-state index contributed by atoms with van der Waals surface area (Å²) in [5, 5.41) is 0. The van der Waals surface area contributed by atoms with E-state index in [2.05, 4.69) is 15.6 Å². The smallest absolute Gasteiger partial charge is 0.0881 e. The Morgan fingerprint density at radius 2 is 2.36 bits per heavy atom. The summed E-state index contributed by atoms with van der Waals surface area (Å²) in [7, 11) is 2.04. The molecule has 0 fully saturated rings. The van der Waals surface area contributed by atoms with Gasteiger partial charge in [-0.2, -0.15) is 0 Å². The van der Waals surface area contributed by atoms with Gasteiger partial charge in [-0.3, -0.25) is 4.98 Å². The Morgan fingerprint density at radius 3 is 3.14 bits per heavy atom. The minimum absolute atomic E-state index is 0.741. The van der Waals surface area contributed by atoms with E-state index in [0.29, 0.717) is 0 Å². The first-order valence-corrected chi connectivity index (χ1v) is 4.91. The second-order valence-corrected chi connectivity index (χ2v) is 3.57. The van der Waals surface area contributed by atoms with E-state index in [0.717, 1.165) is 24.9 Å². The van der Waals surface area contributed by atoms with E-state index in [1.165, 1.54) is 11.1 Å². The van der Waals surface area contributed by atoms with Crippen molar-refractivity contribution in [3.05, 3.63) is 30.1 Å². The van der Waals surface area contributed by atoms with Gasteiger partial charge in [-0.1, -0.05) is 0 Å². The molecule has 0 saturated carbocycles.